The number of terminal acetylenes is 1. The Morgan fingerprint density at radius 1 is 1.33 bits per heavy atom. The van der Waals surface area contributed by atoms with Crippen molar-refractivity contribution in [3.63, 3.8) is 0 Å². The molecule has 6 heterocycles. The number of rotatable bonds is 7. The molecule has 0 aliphatic carbocycles. The van der Waals surface area contributed by atoms with Gasteiger partial charge in [0.2, 0.25) is 5.95 Å². The number of aliphatic hydroxyl groups is 2. The third kappa shape index (κ3) is 4.41. The molecule has 4 aromatic heterocycles. The van der Waals surface area contributed by atoms with Crippen molar-refractivity contribution < 1.29 is 33.2 Å². The molecule has 7 N–H and O–H groups in total. The largest absolute Gasteiger partial charge is 0.394 e. The number of H-pyrrole nitrogens is 1. The van der Waals surface area contributed by atoms with E-state index in [1.54, 1.807) is 0 Å². The Morgan fingerprint density at radius 2 is 2.12 bits per heavy atom. The van der Waals surface area contributed by atoms with Gasteiger partial charge in [-0.3, -0.25) is 18.9 Å². The maximum absolute atomic E-state index is 15.6. The molecular weight excluding hydrogens is 600 g/mol. The lowest BCUT2D eigenvalue weighted by Crippen LogP contribution is -2.42. The van der Waals surface area contributed by atoms with E-state index >= 15 is 4.39 Å². The van der Waals surface area contributed by atoms with Crippen LogP contribution in [0.1, 0.15) is 18.9 Å². The van der Waals surface area contributed by atoms with Crippen LogP contribution in [0.25, 0.3) is 22.3 Å². The van der Waals surface area contributed by atoms with Crippen molar-refractivity contribution in [3.8, 4) is 12.3 Å². The Morgan fingerprint density at radius 3 is 2.86 bits per heavy atom. The second-order valence-electron chi connectivity index (χ2n) is 9.62. The minimum Gasteiger partial charge on any atom is -0.394 e. The molecule has 0 amide bonds. The molecule has 0 spiro atoms. The van der Waals surface area contributed by atoms with Gasteiger partial charge >= 0.3 is 0 Å². The Hall–Kier alpha value is -3.70. The molecule has 2 unspecified atom stereocenters. The highest BCUT2D eigenvalue weighted by Crippen LogP contribution is 2.64. The molecule has 4 aromatic rings. The number of hydrogen-bond donors (Lipinski definition) is 6. The Bertz CT molecular complexity index is 1830. The van der Waals surface area contributed by atoms with Crippen molar-refractivity contribution in [1.82, 2.24) is 44.5 Å². The van der Waals surface area contributed by atoms with Crippen LogP contribution in [0.2, 0.25) is 0 Å². The van der Waals surface area contributed by atoms with Crippen molar-refractivity contribution in [2.45, 2.75) is 48.5 Å². The Labute approximate surface area is 239 Å². The van der Waals surface area contributed by atoms with Crippen molar-refractivity contribution in [1.29, 1.82) is 0 Å². The van der Waals surface area contributed by atoms with Crippen LogP contribution in [0.3, 0.4) is 0 Å². The monoisotopic (exact) mass is 623 g/mol. The molecule has 21 heteroatoms. The first kappa shape index (κ1) is 28.4. The second-order valence-corrected chi connectivity index (χ2v) is 13.3. The number of anilines is 2. The smallest absolute Gasteiger partial charge is 0.282 e. The molecule has 42 heavy (non-hydrogen) atoms. The van der Waals surface area contributed by atoms with E-state index in [-0.39, 0.29) is 29.4 Å². The molecule has 18 nitrogen and oxygen atoms in total. The van der Waals surface area contributed by atoms with Gasteiger partial charge in [0.25, 0.3) is 12.1 Å². The molecule has 2 aliphatic rings. The highest BCUT2D eigenvalue weighted by molar-refractivity contribution is 8.46. The van der Waals surface area contributed by atoms with E-state index in [9.17, 15) is 19.6 Å². The van der Waals surface area contributed by atoms with E-state index in [1.807, 2.05) is 0 Å². The average Bonchev–Trinajstić information content (AvgIpc) is 3.71. The van der Waals surface area contributed by atoms with Gasteiger partial charge in [-0.2, -0.15) is 9.67 Å². The van der Waals surface area contributed by atoms with E-state index in [1.165, 1.54) is 17.2 Å². The summed E-state index contributed by atoms with van der Waals surface area (Å²) in [7, 11) is 0. The average molecular weight is 624 g/mol. The molecule has 6 rings (SSSR count). The number of nitrogens with one attached hydrogen (secondary N) is 1. The Kier molecular flexibility index (Phi) is 6.93. The number of nitrogens with two attached hydrogens (primary N) is 2. The van der Waals surface area contributed by atoms with Gasteiger partial charge in [-0.05, 0) is 0 Å². The van der Waals surface area contributed by atoms with Crippen molar-refractivity contribution in [3.05, 3.63) is 23.0 Å². The molecule has 222 valence electrons. The summed E-state index contributed by atoms with van der Waals surface area (Å²) in [5.41, 5.74) is 7.40. The maximum atomic E-state index is 15.6. The Balaban J connectivity index is 1.28. The molecular formula is C21H23FN11O7PS. The molecule has 2 aliphatic heterocycles. The normalized spacial score (nSPS) is 31.0. The number of halogens is 1. The number of aromatic nitrogens is 9. The lowest BCUT2D eigenvalue weighted by Gasteiger charge is -2.30. The number of imidazole rings is 1. The van der Waals surface area contributed by atoms with Gasteiger partial charge in [-0.15, -0.1) is 11.5 Å². The fourth-order valence-electron chi connectivity index (χ4n) is 5.01. The fraction of sp³-hybridized carbons (Fsp3) is 0.476. The van der Waals surface area contributed by atoms with Crippen molar-refractivity contribution >= 4 is 52.9 Å². The first-order chi connectivity index (χ1) is 20.0. The predicted octanol–water partition coefficient (Wildman–Crippen LogP) is -1.09. The van der Waals surface area contributed by atoms with Crippen LogP contribution in [0.15, 0.2) is 17.4 Å². The van der Waals surface area contributed by atoms with Crippen molar-refractivity contribution in [2.75, 3.05) is 24.7 Å². The van der Waals surface area contributed by atoms with E-state index < -0.39 is 67.4 Å². The summed E-state index contributed by atoms with van der Waals surface area (Å²) >= 11 is 4.17. The van der Waals surface area contributed by atoms with Gasteiger partial charge in [-0.1, -0.05) is 23.4 Å². The number of aliphatic hydroxyl groups excluding tert-OH is 2. The second kappa shape index (κ2) is 10.2. The van der Waals surface area contributed by atoms with E-state index in [2.05, 4.69) is 53.4 Å². The number of hydrogen-bond acceptors (Lipinski definition) is 15. The minimum absolute atomic E-state index is 0.0418. The molecule has 0 saturated carbocycles. The van der Waals surface area contributed by atoms with Crippen LogP contribution in [0.5, 0.6) is 0 Å². The van der Waals surface area contributed by atoms with Gasteiger partial charge in [-0.25, -0.2) is 19.3 Å². The highest BCUT2D eigenvalue weighted by Gasteiger charge is 2.57. The number of nitrogens with zero attached hydrogens (tertiary/aromatic N) is 8. The topological polar surface area (TPSA) is 257 Å². The lowest BCUT2D eigenvalue weighted by molar-refractivity contribution is -0.0837. The van der Waals surface area contributed by atoms with Crippen LogP contribution in [-0.4, -0.2) is 97.5 Å². The van der Waals surface area contributed by atoms with E-state index in [0.717, 1.165) is 4.68 Å². The third-order valence-corrected chi connectivity index (χ3v) is 10.1. The zero-order valence-corrected chi connectivity index (χ0v) is 23.0. The predicted molar refractivity (Wildman–Crippen MR) is 145 cm³/mol. The molecule has 0 radical (unpaired) electrons. The summed E-state index contributed by atoms with van der Waals surface area (Å²) < 4.78 is 49.2. The molecule has 0 aromatic carbocycles. The van der Waals surface area contributed by atoms with Gasteiger partial charge in [0.15, 0.2) is 34.5 Å². The first-order valence-electron chi connectivity index (χ1n) is 12.2. The standard InChI is InChI=1S/C21H23FN11O7PS/c1-2-21(9(35)3-10(40-21)32-7-27-12-15(23)25-6-26-16(12)32)5-38-41(37,42)14-11(22)8(4-34)39-19(14)33-17-13(30-31-33)18(36)29-20(24)28-17/h1,6-11,14,19,34-35H,3-5H2,(H,37,42)(H2,23,25,26)(H3,24,28,29,36)/t8?,9-,10+,11-,14+,19+,21+,41?/m0/s1. The minimum atomic E-state index is -4.40. The number of aromatic amines is 1. The number of fused-ring (bicyclic) bond motifs is 2. The molecule has 0 bridgehead atoms. The molecule has 8 atom stereocenters. The van der Waals surface area contributed by atoms with Gasteiger partial charge < -0.3 is 35.7 Å². The van der Waals surface area contributed by atoms with Crippen LogP contribution in [0.4, 0.5) is 16.2 Å². The van der Waals surface area contributed by atoms with Crippen LogP contribution >= 0.6 is 18.8 Å². The number of ether oxygens (including phenoxy) is 2. The molecule has 2 saturated heterocycles. The van der Waals surface area contributed by atoms with Crippen LogP contribution in [-0.2, 0) is 18.6 Å². The summed E-state index contributed by atoms with van der Waals surface area (Å²) in [6.07, 6.45) is 1.01. The third-order valence-electron chi connectivity index (χ3n) is 7.15. The zero-order valence-electron chi connectivity index (χ0n) is 21.3. The highest BCUT2D eigenvalue weighted by atomic mass is 32.7. The lowest BCUT2D eigenvalue weighted by atomic mass is 9.99. The summed E-state index contributed by atoms with van der Waals surface area (Å²) in [6, 6.07) is 0. The van der Waals surface area contributed by atoms with Gasteiger partial charge in [0.05, 0.1) is 19.5 Å². The number of thiol groups is 1. The van der Waals surface area contributed by atoms with Gasteiger partial charge in [0.1, 0.15) is 42.1 Å². The van der Waals surface area contributed by atoms with E-state index in [0.29, 0.717) is 11.2 Å². The summed E-state index contributed by atoms with van der Waals surface area (Å²) in [5, 5.41) is 28.2. The quantitative estimate of drug-likeness (QED) is 0.0812. The zero-order chi connectivity index (χ0) is 30.0. The SMILES string of the molecule is C#C[C@]1(COP(=O)(S)[C@H]2[C@H](n3nnc4c(=O)[nH]c(N)nc43)OC(CO)[C@@H]2F)O[C@@H](n2cnc3c(N)ncnc32)C[C@@H]1O. The number of alkyl halides is 1. The maximum Gasteiger partial charge on any atom is 0.282 e. The number of nitrogen functional groups attached to an aromatic ring is 2. The fourth-order valence-corrected chi connectivity index (χ4v) is 7.52. The van der Waals surface area contributed by atoms with Gasteiger partial charge in [0, 0.05) is 6.42 Å². The van der Waals surface area contributed by atoms with Crippen LogP contribution < -0.4 is 17.0 Å². The van der Waals surface area contributed by atoms with Crippen molar-refractivity contribution in [2.24, 2.45) is 0 Å². The van der Waals surface area contributed by atoms with Crippen LogP contribution in [0, 0.1) is 12.3 Å². The van der Waals surface area contributed by atoms with E-state index in [4.69, 9.17) is 31.9 Å². The summed E-state index contributed by atoms with van der Waals surface area (Å²) in [4.78, 5) is 30.7. The molecule has 2 fully saturated rings. The summed E-state index contributed by atoms with van der Waals surface area (Å²) in [5.74, 6) is 2.20. The summed E-state index contributed by atoms with van der Waals surface area (Å²) in [6.45, 7) is -5.88. The first-order valence-corrected chi connectivity index (χ1v) is 15.1.